The molecule has 29 heavy (non-hydrogen) atoms. The molecule has 6 nitrogen and oxygen atoms in total. The summed E-state index contributed by atoms with van der Waals surface area (Å²) in [5, 5.41) is 0.129. The highest BCUT2D eigenvalue weighted by Crippen LogP contribution is 2.37. The fraction of sp³-hybridized carbons (Fsp3) is 0.526. The Hall–Kier alpha value is -1.74. The molecule has 2 aliphatic rings. The van der Waals surface area contributed by atoms with E-state index >= 15 is 0 Å². The van der Waals surface area contributed by atoms with Crippen molar-refractivity contribution in [1.29, 1.82) is 0 Å². The van der Waals surface area contributed by atoms with Crippen molar-refractivity contribution in [2.24, 2.45) is 0 Å². The van der Waals surface area contributed by atoms with Crippen LogP contribution < -0.4 is 4.90 Å². The minimum absolute atomic E-state index is 0.0461. The van der Waals surface area contributed by atoms with Gasteiger partial charge in [0.1, 0.15) is 22.8 Å². The summed E-state index contributed by atoms with van der Waals surface area (Å²) in [4.78, 5) is 24.6. The van der Waals surface area contributed by atoms with E-state index in [9.17, 15) is 13.6 Å². The zero-order chi connectivity index (χ0) is 21.1. The van der Waals surface area contributed by atoms with Crippen molar-refractivity contribution in [3.05, 3.63) is 27.5 Å². The quantitative estimate of drug-likeness (QED) is 0.421. The molecule has 1 amide bonds. The average molecular weight is 490 g/mol. The number of hydrogen-bond donors (Lipinski definition) is 0. The summed E-state index contributed by atoms with van der Waals surface area (Å²) in [6, 6.07) is 1.06. The second-order valence-corrected chi connectivity index (χ2v) is 9.51. The van der Waals surface area contributed by atoms with Gasteiger partial charge in [0.05, 0.1) is 16.6 Å². The van der Waals surface area contributed by atoms with Crippen molar-refractivity contribution in [3.8, 4) is 0 Å². The largest absolute Gasteiger partial charge is 0.444 e. The molecule has 2 fully saturated rings. The summed E-state index contributed by atoms with van der Waals surface area (Å²) in [6.07, 6.45) is 1.31. The maximum atomic E-state index is 14.6. The third kappa shape index (κ3) is 3.74. The molecule has 2 aliphatic heterocycles. The van der Waals surface area contributed by atoms with E-state index in [1.807, 2.05) is 25.7 Å². The van der Waals surface area contributed by atoms with E-state index in [2.05, 4.69) is 25.9 Å². The summed E-state index contributed by atoms with van der Waals surface area (Å²) >= 11 is 8.94. The summed E-state index contributed by atoms with van der Waals surface area (Å²) in [5.41, 5.74) is -0.623. The number of halogens is 4. The summed E-state index contributed by atoms with van der Waals surface area (Å²) < 4.78 is 34.0. The molecule has 2 saturated heterocycles. The van der Waals surface area contributed by atoms with Gasteiger partial charge in [0.25, 0.3) is 0 Å². The Morgan fingerprint density at radius 3 is 2.45 bits per heavy atom. The van der Waals surface area contributed by atoms with Crippen LogP contribution in [0.4, 0.5) is 19.4 Å². The topological polar surface area (TPSA) is 58.6 Å². The lowest BCUT2D eigenvalue weighted by Crippen LogP contribution is -2.57. The lowest BCUT2D eigenvalue weighted by Gasteiger charge is -2.42. The van der Waals surface area contributed by atoms with Crippen LogP contribution >= 0.6 is 27.5 Å². The van der Waals surface area contributed by atoms with Crippen LogP contribution in [0.15, 0.2) is 10.5 Å². The number of hydrogen-bond acceptors (Lipinski definition) is 5. The van der Waals surface area contributed by atoms with Crippen molar-refractivity contribution < 1.29 is 18.3 Å². The molecule has 0 N–H and O–H groups in total. The minimum atomic E-state index is -0.819. The number of nitrogens with zero attached hydrogens (tertiary/aromatic N) is 4. The van der Waals surface area contributed by atoms with Gasteiger partial charge in [-0.3, -0.25) is 4.90 Å². The number of carbonyl (C=O) groups excluding carboxylic acids is 1. The lowest BCUT2D eigenvalue weighted by atomic mass is 10.1. The first-order valence-electron chi connectivity index (χ1n) is 9.32. The molecule has 0 aliphatic carbocycles. The molecule has 2 aromatic rings. The standard InChI is InChI=1S/C19H20BrClF2N4O2/c1-19(2,3)29-18(28)27-9-4-5-10(27)8-26(7-9)16-11-6-12(22)13(20)14(23)15(11)24-17(21)25-16/h6,9-10H,4-5,7-8H2,1-3H3/t9-,10+. The predicted molar refractivity (Wildman–Crippen MR) is 109 cm³/mol. The van der Waals surface area contributed by atoms with Crippen molar-refractivity contribution in [2.45, 2.75) is 51.3 Å². The van der Waals surface area contributed by atoms with Crippen molar-refractivity contribution >= 4 is 50.3 Å². The van der Waals surface area contributed by atoms with Gasteiger partial charge in [0, 0.05) is 18.5 Å². The first-order chi connectivity index (χ1) is 13.5. The molecule has 156 valence electrons. The molecule has 3 heterocycles. The number of ether oxygens (including phenoxy) is 1. The van der Waals surface area contributed by atoms with Gasteiger partial charge in [-0.25, -0.2) is 18.6 Å². The smallest absolute Gasteiger partial charge is 0.410 e. The Balaban J connectivity index is 1.68. The fourth-order valence-electron chi connectivity index (χ4n) is 4.06. The maximum Gasteiger partial charge on any atom is 0.410 e. The van der Waals surface area contributed by atoms with Crippen LogP contribution in [0.25, 0.3) is 10.9 Å². The molecule has 10 heteroatoms. The summed E-state index contributed by atoms with van der Waals surface area (Å²) in [6.45, 7) is 6.44. The van der Waals surface area contributed by atoms with Crippen molar-refractivity contribution in [2.75, 3.05) is 18.0 Å². The number of piperazine rings is 1. The van der Waals surface area contributed by atoms with Gasteiger partial charge in [0.15, 0.2) is 5.82 Å². The number of benzene rings is 1. The Morgan fingerprint density at radius 1 is 1.24 bits per heavy atom. The molecule has 1 aromatic carbocycles. The molecule has 0 saturated carbocycles. The zero-order valence-corrected chi connectivity index (χ0v) is 18.5. The van der Waals surface area contributed by atoms with Gasteiger partial charge in [-0.15, -0.1) is 0 Å². The van der Waals surface area contributed by atoms with Gasteiger partial charge >= 0.3 is 6.09 Å². The highest BCUT2D eigenvalue weighted by Gasteiger charge is 2.45. The Bertz CT molecular complexity index is 987. The van der Waals surface area contributed by atoms with Crippen LogP contribution in [0, 0.1) is 11.6 Å². The second-order valence-electron chi connectivity index (χ2n) is 8.38. The molecule has 0 radical (unpaired) electrons. The van der Waals surface area contributed by atoms with Gasteiger partial charge in [-0.1, -0.05) is 0 Å². The Kier molecular flexibility index (Phi) is 5.09. The van der Waals surface area contributed by atoms with Gasteiger partial charge in [0.2, 0.25) is 5.28 Å². The van der Waals surface area contributed by atoms with Gasteiger partial charge in [-0.2, -0.15) is 4.98 Å². The molecule has 0 spiro atoms. The van der Waals surface area contributed by atoms with Crippen LogP contribution in [0.1, 0.15) is 33.6 Å². The lowest BCUT2D eigenvalue weighted by molar-refractivity contribution is 0.0123. The number of rotatable bonds is 1. The second kappa shape index (κ2) is 7.19. The zero-order valence-electron chi connectivity index (χ0n) is 16.2. The third-order valence-electron chi connectivity index (χ3n) is 5.17. The number of carbonyl (C=O) groups is 1. The first kappa shape index (κ1) is 20.5. The van der Waals surface area contributed by atoms with Crippen molar-refractivity contribution in [1.82, 2.24) is 14.9 Å². The van der Waals surface area contributed by atoms with E-state index in [0.29, 0.717) is 18.9 Å². The van der Waals surface area contributed by atoms with Crippen LogP contribution in [0.5, 0.6) is 0 Å². The minimum Gasteiger partial charge on any atom is -0.444 e. The predicted octanol–water partition coefficient (Wildman–Crippen LogP) is 4.91. The molecule has 0 unspecified atom stereocenters. The van der Waals surface area contributed by atoms with E-state index in [-0.39, 0.29) is 38.8 Å². The molecule has 1 aromatic heterocycles. The van der Waals surface area contributed by atoms with E-state index in [4.69, 9.17) is 16.3 Å². The average Bonchev–Trinajstić information content (AvgIpc) is 2.89. The summed E-state index contributed by atoms with van der Waals surface area (Å²) in [7, 11) is 0. The molecule has 2 atom stereocenters. The third-order valence-corrected chi connectivity index (χ3v) is 6.06. The van der Waals surface area contributed by atoms with Crippen LogP contribution in [0.3, 0.4) is 0 Å². The number of fused-ring (bicyclic) bond motifs is 3. The molecule has 2 bridgehead atoms. The van der Waals surface area contributed by atoms with Gasteiger partial charge < -0.3 is 9.64 Å². The number of aromatic nitrogens is 2. The van der Waals surface area contributed by atoms with Crippen LogP contribution in [-0.2, 0) is 4.74 Å². The number of amides is 1. The normalized spacial score (nSPS) is 21.8. The van der Waals surface area contributed by atoms with Crippen LogP contribution in [-0.4, -0.2) is 51.7 Å². The Morgan fingerprint density at radius 2 is 1.86 bits per heavy atom. The van der Waals surface area contributed by atoms with E-state index < -0.39 is 17.2 Å². The van der Waals surface area contributed by atoms with E-state index in [1.54, 1.807) is 4.90 Å². The maximum absolute atomic E-state index is 14.6. The summed E-state index contributed by atoms with van der Waals surface area (Å²) in [5.74, 6) is -1.19. The fourth-order valence-corrected chi connectivity index (χ4v) is 4.53. The first-order valence-corrected chi connectivity index (χ1v) is 10.5. The highest BCUT2D eigenvalue weighted by atomic mass is 79.9. The van der Waals surface area contributed by atoms with E-state index in [0.717, 1.165) is 12.8 Å². The van der Waals surface area contributed by atoms with E-state index in [1.165, 1.54) is 6.07 Å². The number of anilines is 1. The van der Waals surface area contributed by atoms with Crippen molar-refractivity contribution in [3.63, 3.8) is 0 Å². The van der Waals surface area contributed by atoms with Crippen LogP contribution in [0.2, 0.25) is 5.28 Å². The van der Waals surface area contributed by atoms with Gasteiger partial charge in [-0.05, 0) is 67.2 Å². The molecular formula is C19H20BrClF2N4O2. The molecular weight excluding hydrogens is 470 g/mol. The Labute approximate surface area is 180 Å². The monoisotopic (exact) mass is 488 g/mol. The highest BCUT2D eigenvalue weighted by molar-refractivity contribution is 9.10. The SMILES string of the molecule is CC(C)(C)OC(=O)N1[C@@H]2CC[C@H]1CN(c1nc(Cl)nc3c(F)c(Br)c(F)cc13)C2. The molecule has 4 rings (SSSR count).